The zero-order valence-corrected chi connectivity index (χ0v) is 12.3. The first-order valence-electron chi connectivity index (χ1n) is 7.23. The summed E-state index contributed by atoms with van der Waals surface area (Å²) < 4.78 is 5.38. The molecule has 0 unspecified atom stereocenters. The average Bonchev–Trinajstić information content (AvgIpc) is 3.31. The number of carbonyl (C=O) groups is 1. The normalized spacial score (nSPS) is 23.1. The van der Waals surface area contributed by atoms with Crippen LogP contribution in [-0.4, -0.2) is 30.5 Å². The Balaban J connectivity index is 1.76. The average molecular weight is 294 g/mol. The van der Waals surface area contributed by atoms with Gasteiger partial charge < -0.3 is 10.1 Å². The van der Waals surface area contributed by atoms with E-state index in [-0.39, 0.29) is 16.9 Å². The minimum Gasteiger partial charge on any atom is -0.381 e. The van der Waals surface area contributed by atoms with Crippen molar-refractivity contribution in [2.24, 2.45) is 0 Å². The van der Waals surface area contributed by atoms with Crippen molar-refractivity contribution in [3.05, 3.63) is 35.9 Å². The highest BCUT2D eigenvalue weighted by Crippen LogP contribution is 2.48. The van der Waals surface area contributed by atoms with Gasteiger partial charge in [-0.15, -0.1) is 11.6 Å². The first-order valence-corrected chi connectivity index (χ1v) is 7.76. The third kappa shape index (κ3) is 2.45. The van der Waals surface area contributed by atoms with Gasteiger partial charge in [-0.25, -0.2) is 0 Å². The highest BCUT2D eigenvalue weighted by molar-refractivity contribution is 6.18. The molecule has 1 N–H and O–H groups in total. The molecule has 1 saturated heterocycles. The largest absolute Gasteiger partial charge is 0.381 e. The van der Waals surface area contributed by atoms with Crippen molar-refractivity contribution in [1.82, 2.24) is 5.32 Å². The summed E-state index contributed by atoms with van der Waals surface area (Å²) in [5.41, 5.74) is 0.508. The van der Waals surface area contributed by atoms with Crippen LogP contribution in [0.1, 0.15) is 31.2 Å². The molecule has 2 fully saturated rings. The van der Waals surface area contributed by atoms with Crippen molar-refractivity contribution >= 4 is 17.5 Å². The molecule has 1 saturated carbocycles. The second-order valence-corrected chi connectivity index (χ2v) is 6.20. The van der Waals surface area contributed by atoms with Crippen LogP contribution in [-0.2, 0) is 14.9 Å². The van der Waals surface area contributed by atoms with Crippen LogP contribution in [0.2, 0.25) is 0 Å². The van der Waals surface area contributed by atoms with Crippen LogP contribution >= 0.6 is 11.6 Å². The minimum atomic E-state index is -0.321. The molecule has 0 radical (unpaired) electrons. The predicted octanol–water partition coefficient (Wildman–Crippen LogP) is 2.62. The molecule has 3 rings (SSSR count). The van der Waals surface area contributed by atoms with Crippen LogP contribution in [0, 0.1) is 0 Å². The maximum atomic E-state index is 12.7. The molecule has 3 nitrogen and oxygen atoms in total. The SMILES string of the molecule is O=C(NC1(CCl)CCOCC1)C1(c2ccccc2)CC1. The summed E-state index contributed by atoms with van der Waals surface area (Å²) in [5.74, 6) is 0.582. The van der Waals surface area contributed by atoms with E-state index in [0.717, 1.165) is 31.2 Å². The number of benzene rings is 1. The lowest BCUT2D eigenvalue weighted by Crippen LogP contribution is -2.56. The molecule has 0 bridgehead atoms. The number of amides is 1. The van der Waals surface area contributed by atoms with E-state index in [1.807, 2.05) is 30.3 Å². The Bertz CT molecular complexity index is 479. The standard InChI is InChI=1S/C16H20ClNO2/c17-12-15(8-10-20-11-9-15)18-14(19)16(6-7-16)13-4-2-1-3-5-13/h1-5H,6-12H2,(H,18,19). The molecule has 4 heteroatoms. The van der Waals surface area contributed by atoms with Crippen molar-refractivity contribution in [1.29, 1.82) is 0 Å². The van der Waals surface area contributed by atoms with Gasteiger partial charge in [0.1, 0.15) is 0 Å². The molecule has 108 valence electrons. The van der Waals surface area contributed by atoms with Gasteiger partial charge in [-0.1, -0.05) is 30.3 Å². The summed E-state index contributed by atoms with van der Waals surface area (Å²) >= 11 is 6.13. The van der Waals surface area contributed by atoms with Gasteiger partial charge >= 0.3 is 0 Å². The Kier molecular flexibility index (Phi) is 3.74. The maximum absolute atomic E-state index is 12.7. The molecule has 20 heavy (non-hydrogen) atoms. The second kappa shape index (κ2) is 5.38. The lowest BCUT2D eigenvalue weighted by atomic mass is 9.89. The third-order valence-electron chi connectivity index (χ3n) is 4.60. The van der Waals surface area contributed by atoms with Crippen molar-refractivity contribution < 1.29 is 9.53 Å². The van der Waals surface area contributed by atoms with Gasteiger partial charge in [0.2, 0.25) is 5.91 Å². The molecule has 1 aliphatic carbocycles. The Hall–Kier alpha value is -1.06. The van der Waals surface area contributed by atoms with Gasteiger partial charge in [0.25, 0.3) is 0 Å². The molecule has 1 amide bonds. The van der Waals surface area contributed by atoms with Crippen LogP contribution in [0.15, 0.2) is 30.3 Å². The van der Waals surface area contributed by atoms with E-state index in [2.05, 4.69) is 5.32 Å². The maximum Gasteiger partial charge on any atom is 0.231 e. The zero-order valence-electron chi connectivity index (χ0n) is 11.5. The highest BCUT2D eigenvalue weighted by atomic mass is 35.5. The van der Waals surface area contributed by atoms with Crippen LogP contribution in [0.3, 0.4) is 0 Å². The number of hydrogen-bond donors (Lipinski definition) is 1. The van der Waals surface area contributed by atoms with E-state index in [4.69, 9.17) is 16.3 Å². The van der Waals surface area contributed by atoms with E-state index in [1.165, 1.54) is 0 Å². The molecule has 0 atom stereocenters. The number of ether oxygens (including phenoxy) is 1. The van der Waals surface area contributed by atoms with Gasteiger partial charge in [0.15, 0.2) is 0 Å². The van der Waals surface area contributed by atoms with Crippen LogP contribution < -0.4 is 5.32 Å². The fraction of sp³-hybridized carbons (Fsp3) is 0.562. The van der Waals surface area contributed by atoms with Crippen LogP contribution in [0.4, 0.5) is 0 Å². The lowest BCUT2D eigenvalue weighted by molar-refractivity contribution is -0.126. The van der Waals surface area contributed by atoms with E-state index >= 15 is 0 Å². The van der Waals surface area contributed by atoms with Gasteiger partial charge in [0.05, 0.1) is 11.0 Å². The zero-order chi connectivity index (χ0) is 14.1. The smallest absolute Gasteiger partial charge is 0.231 e. The number of alkyl halides is 1. The fourth-order valence-corrected chi connectivity index (χ4v) is 3.28. The summed E-state index contributed by atoms with van der Waals surface area (Å²) in [5, 5.41) is 3.23. The molecule has 1 aromatic carbocycles. The second-order valence-electron chi connectivity index (χ2n) is 5.93. The first kappa shape index (κ1) is 13.9. The monoisotopic (exact) mass is 293 g/mol. The summed E-state index contributed by atoms with van der Waals surface area (Å²) in [6.45, 7) is 1.34. The molecular formula is C16H20ClNO2. The van der Waals surface area contributed by atoms with E-state index in [0.29, 0.717) is 19.1 Å². The van der Waals surface area contributed by atoms with E-state index < -0.39 is 0 Å². The minimum absolute atomic E-state index is 0.131. The van der Waals surface area contributed by atoms with Crippen LogP contribution in [0.5, 0.6) is 0 Å². The summed E-state index contributed by atoms with van der Waals surface area (Å²) in [7, 11) is 0. The molecule has 0 spiro atoms. The summed E-state index contributed by atoms with van der Waals surface area (Å²) in [6.07, 6.45) is 3.45. The molecule has 2 aliphatic rings. The number of carbonyl (C=O) groups excluding carboxylic acids is 1. The molecular weight excluding hydrogens is 274 g/mol. The fourth-order valence-electron chi connectivity index (χ4n) is 2.94. The van der Waals surface area contributed by atoms with Crippen molar-refractivity contribution in [2.75, 3.05) is 19.1 Å². The summed E-state index contributed by atoms with van der Waals surface area (Å²) in [4.78, 5) is 12.7. The van der Waals surface area contributed by atoms with Gasteiger partial charge in [0, 0.05) is 19.1 Å². The molecule has 1 heterocycles. The number of hydrogen-bond acceptors (Lipinski definition) is 2. The van der Waals surface area contributed by atoms with Gasteiger partial charge in [-0.3, -0.25) is 4.79 Å². The number of halogens is 1. The Labute approximate surface area is 124 Å². The third-order valence-corrected chi connectivity index (χ3v) is 5.11. The topological polar surface area (TPSA) is 38.3 Å². The van der Waals surface area contributed by atoms with Crippen molar-refractivity contribution in [3.8, 4) is 0 Å². The molecule has 1 aliphatic heterocycles. The van der Waals surface area contributed by atoms with Crippen LogP contribution in [0.25, 0.3) is 0 Å². The van der Waals surface area contributed by atoms with Crippen molar-refractivity contribution in [3.63, 3.8) is 0 Å². The Morgan fingerprint density at radius 3 is 2.35 bits per heavy atom. The lowest BCUT2D eigenvalue weighted by Gasteiger charge is -2.37. The first-order chi connectivity index (χ1) is 9.71. The van der Waals surface area contributed by atoms with E-state index in [1.54, 1.807) is 0 Å². The Morgan fingerprint density at radius 2 is 1.80 bits per heavy atom. The Morgan fingerprint density at radius 1 is 1.15 bits per heavy atom. The number of rotatable bonds is 4. The predicted molar refractivity (Wildman–Crippen MR) is 79.0 cm³/mol. The van der Waals surface area contributed by atoms with Gasteiger partial charge in [-0.2, -0.15) is 0 Å². The quantitative estimate of drug-likeness (QED) is 0.867. The molecule has 0 aromatic heterocycles. The molecule has 1 aromatic rings. The van der Waals surface area contributed by atoms with E-state index in [9.17, 15) is 4.79 Å². The number of nitrogens with one attached hydrogen (secondary N) is 1. The summed E-state index contributed by atoms with van der Waals surface area (Å²) in [6, 6.07) is 10.1. The van der Waals surface area contributed by atoms with Gasteiger partial charge in [-0.05, 0) is 31.2 Å². The highest BCUT2D eigenvalue weighted by Gasteiger charge is 2.52. The van der Waals surface area contributed by atoms with Crippen molar-refractivity contribution in [2.45, 2.75) is 36.6 Å².